The van der Waals surface area contributed by atoms with Crippen molar-refractivity contribution in [1.82, 2.24) is 10.4 Å². The molecule has 1 unspecified atom stereocenters. The monoisotopic (exact) mass is 347 g/mol. The van der Waals surface area contributed by atoms with Crippen molar-refractivity contribution in [3.05, 3.63) is 13.8 Å². The van der Waals surface area contributed by atoms with Crippen LogP contribution >= 0.6 is 0 Å². The van der Waals surface area contributed by atoms with Crippen LogP contribution < -0.4 is 74.2 Å². The van der Waals surface area contributed by atoms with E-state index in [2.05, 4.69) is 5.32 Å². The van der Waals surface area contributed by atoms with Crippen LogP contribution in [0.15, 0.2) is 0 Å². The molecular weight excluding hydrogens is 329 g/mol. The molecule has 1 rings (SSSR count). The summed E-state index contributed by atoms with van der Waals surface area (Å²) in [5.74, 6) is -0.231. The fourth-order valence-corrected chi connectivity index (χ4v) is 1.33. The van der Waals surface area contributed by atoms with Gasteiger partial charge in [0.2, 0.25) is 5.91 Å². The number of hydrogen-bond donors (Lipinski definition) is 1. The molecule has 1 aliphatic rings. The molecule has 1 N–H and O–H groups in total. The van der Waals surface area contributed by atoms with E-state index >= 15 is 0 Å². The van der Waals surface area contributed by atoms with E-state index in [1.54, 1.807) is 0 Å². The van der Waals surface area contributed by atoms with Crippen LogP contribution in [0.2, 0.25) is 0 Å². The molecule has 0 radical (unpaired) electrons. The summed E-state index contributed by atoms with van der Waals surface area (Å²) in [7, 11) is 2.96. The Labute approximate surface area is 156 Å². The second-order valence-corrected chi connectivity index (χ2v) is 3.23. The van der Waals surface area contributed by atoms with Gasteiger partial charge in [-0.05, 0) is 6.42 Å². The summed E-state index contributed by atoms with van der Waals surface area (Å²) < 4.78 is 0. The second kappa shape index (κ2) is 9.81. The molecule has 0 aromatic heterocycles. The van der Waals surface area contributed by atoms with E-state index in [4.69, 9.17) is 4.84 Å². The number of rotatable bonds is 4. The van der Waals surface area contributed by atoms with Gasteiger partial charge in [-0.3, -0.25) is 14.7 Å². The zero-order valence-electron chi connectivity index (χ0n) is 10.4. The number of nitrogens with zero attached hydrogens (tertiary/aromatic N) is 1. The molecule has 1 saturated heterocycles. The summed E-state index contributed by atoms with van der Waals surface area (Å²) in [4.78, 5) is 27.1. The normalized spacial score (nSPS) is 17.9. The minimum atomic E-state index is -0.216. The summed E-state index contributed by atoms with van der Waals surface area (Å²) in [6, 6.07) is 0. The van der Waals surface area contributed by atoms with Gasteiger partial charge in [-0.15, -0.1) is 6.42 Å². The average Bonchev–Trinajstić information content (AvgIpc) is 2.59. The Kier molecular flexibility index (Phi) is 11.8. The SMILES string of the molecule is CON(C)C(=O)[CH-]CC1CCNC1=O.[CH3-].[Cs+]. The molecule has 1 fully saturated rings. The maximum Gasteiger partial charge on any atom is 1.00 e. The largest absolute Gasteiger partial charge is 1.00 e. The molecule has 1 aliphatic heterocycles. The van der Waals surface area contributed by atoms with Gasteiger partial charge in [0.1, 0.15) is 5.91 Å². The maximum atomic E-state index is 11.3. The molecule has 0 saturated carbocycles. The summed E-state index contributed by atoms with van der Waals surface area (Å²) in [6.07, 6.45) is 2.77. The number of hydrogen-bond acceptors (Lipinski definition) is 3. The van der Waals surface area contributed by atoms with Crippen molar-refractivity contribution in [2.45, 2.75) is 12.8 Å². The van der Waals surface area contributed by atoms with Crippen LogP contribution in [-0.2, 0) is 14.4 Å². The first-order valence-corrected chi connectivity index (χ1v) is 4.58. The molecule has 0 aromatic rings. The molecule has 2 amide bonds. The van der Waals surface area contributed by atoms with Crippen molar-refractivity contribution in [2.75, 3.05) is 20.7 Å². The molecule has 1 atom stereocenters. The molecular formula is C10H18CsN2O3-. The van der Waals surface area contributed by atoms with Gasteiger partial charge in [0.25, 0.3) is 0 Å². The minimum Gasteiger partial charge on any atom is -0.358 e. The van der Waals surface area contributed by atoms with E-state index in [0.717, 1.165) is 11.5 Å². The van der Waals surface area contributed by atoms with Crippen LogP contribution in [0.5, 0.6) is 0 Å². The Hall–Kier alpha value is 0.822. The Morgan fingerprint density at radius 1 is 1.69 bits per heavy atom. The van der Waals surface area contributed by atoms with E-state index in [1.807, 2.05) is 0 Å². The van der Waals surface area contributed by atoms with E-state index in [1.165, 1.54) is 20.6 Å². The predicted molar refractivity (Wildman–Crippen MR) is 56.2 cm³/mol. The van der Waals surface area contributed by atoms with Gasteiger partial charge in [0, 0.05) is 19.5 Å². The fraction of sp³-hybridized carbons (Fsp3) is 0.600. The smallest absolute Gasteiger partial charge is 0.358 e. The molecule has 1 heterocycles. The van der Waals surface area contributed by atoms with E-state index in [0.29, 0.717) is 13.0 Å². The van der Waals surface area contributed by atoms with Crippen LogP contribution in [0.25, 0.3) is 0 Å². The quantitative estimate of drug-likeness (QED) is 0.441. The van der Waals surface area contributed by atoms with Gasteiger partial charge < -0.3 is 24.0 Å². The molecule has 0 spiro atoms. The van der Waals surface area contributed by atoms with Crippen LogP contribution in [0, 0.1) is 19.8 Å². The summed E-state index contributed by atoms with van der Waals surface area (Å²) >= 11 is 0. The van der Waals surface area contributed by atoms with Crippen LogP contribution in [-0.4, -0.2) is 37.6 Å². The number of hydroxylamine groups is 2. The molecule has 0 aliphatic carbocycles. The summed E-state index contributed by atoms with van der Waals surface area (Å²) in [5.41, 5.74) is 0. The Bertz CT molecular complexity index is 236. The topological polar surface area (TPSA) is 58.6 Å². The van der Waals surface area contributed by atoms with E-state index < -0.39 is 0 Å². The van der Waals surface area contributed by atoms with Crippen molar-refractivity contribution in [2.24, 2.45) is 5.92 Å². The van der Waals surface area contributed by atoms with Crippen LogP contribution in [0.1, 0.15) is 12.8 Å². The third-order valence-corrected chi connectivity index (χ3v) is 2.32. The van der Waals surface area contributed by atoms with E-state index in [-0.39, 0.29) is 94.1 Å². The summed E-state index contributed by atoms with van der Waals surface area (Å²) in [6.45, 7) is 0.714. The van der Waals surface area contributed by atoms with Crippen LogP contribution in [0.3, 0.4) is 0 Å². The van der Waals surface area contributed by atoms with Crippen molar-refractivity contribution in [3.63, 3.8) is 0 Å². The molecule has 16 heavy (non-hydrogen) atoms. The zero-order valence-corrected chi connectivity index (χ0v) is 16.7. The van der Waals surface area contributed by atoms with Gasteiger partial charge in [0.15, 0.2) is 0 Å². The number of nitrogens with one attached hydrogen (secondary N) is 1. The minimum absolute atomic E-state index is 0. The second-order valence-electron chi connectivity index (χ2n) is 3.23. The average molecular weight is 347 g/mol. The molecule has 5 nitrogen and oxygen atoms in total. The van der Waals surface area contributed by atoms with E-state index in [9.17, 15) is 9.59 Å². The predicted octanol–water partition coefficient (Wildman–Crippen LogP) is -2.81. The van der Waals surface area contributed by atoms with Gasteiger partial charge in [-0.25, -0.2) is 0 Å². The Morgan fingerprint density at radius 3 is 2.75 bits per heavy atom. The fourth-order valence-electron chi connectivity index (χ4n) is 1.33. The first-order valence-electron chi connectivity index (χ1n) is 4.58. The Balaban J connectivity index is 0. The molecule has 0 bridgehead atoms. The maximum absolute atomic E-state index is 11.3. The van der Waals surface area contributed by atoms with Gasteiger partial charge in [-0.1, -0.05) is 0 Å². The van der Waals surface area contributed by atoms with Gasteiger partial charge >= 0.3 is 68.9 Å². The van der Waals surface area contributed by atoms with Crippen LogP contribution in [0.4, 0.5) is 0 Å². The summed E-state index contributed by atoms with van der Waals surface area (Å²) in [5, 5.41) is 3.85. The third kappa shape index (κ3) is 5.95. The van der Waals surface area contributed by atoms with Crippen molar-refractivity contribution < 1.29 is 83.3 Å². The third-order valence-electron chi connectivity index (χ3n) is 2.32. The Morgan fingerprint density at radius 2 is 2.31 bits per heavy atom. The molecule has 0 aromatic carbocycles. The number of amides is 2. The van der Waals surface area contributed by atoms with Gasteiger partial charge in [-0.2, -0.15) is 0 Å². The van der Waals surface area contributed by atoms with Gasteiger partial charge in [0.05, 0.1) is 7.11 Å². The van der Waals surface area contributed by atoms with Crippen molar-refractivity contribution in [1.29, 1.82) is 0 Å². The van der Waals surface area contributed by atoms with Crippen molar-refractivity contribution >= 4 is 11.8 Å². The van der Waals surface area contributed by atoms with Crippen molar-refractivity contribution in [3.8, 4) is 0 Å². The molecule has 6 heteroatoms. The first-order chi connectivity index (χ1) is 6.65. The first kappa shape index (κ1) is 19.2. The molecule has 88 valence electrons. The number of carbonyl (C=O) groups excluding carboxylic acids is 2. The zero-order chi connectivity index (χ0) is 10.6. The standard InChI is InChI=1S/C9H15N2O3.CH3.Cs/c1-11(14-2)8(12)4-3-7-5-6-10-9(7)13;;/h4,7H,3,5-6H2,1-2H3,(H,10,13);1H3;/q2*-1;+1. The number of carbonyl (C=O) groups is 2.